The Hall–Kier alpha value is -2.50. The van der Waals surface area contributed by atoms with Gasteiger partial charge in [-0.1, -0.05) is 23.5 Å². The number of nitrogens with zero attached hydrogens (tertiary/aromatic N) is 2. The highest BCUT2D eigenvalue weighted by Gasteiger charge is 2.40. The molecule has 0 unspecified atom stereocenters. The summed E-state index contributed by atoms with van der Waals surface area (Å²) in [5.41, 5.74) is 0.955. The fourth-order valence-corrected chi connectivity index (χ4v) is 5.28. The Labute approximate surface area is 203 Å². The van der Waals surface area contributed by atoms with Crippen molar-refractivity contribution < 1.29 is 27.5 Å². The molecule has 2 aromatic rings. The van der Waals surface area contributed by atoms with E-state index < -0.39 is 16.8 Å². The summed E-state index contributed by atoms with van der Waals surface area (Å²) in [6.07, 6.45) is 1.56. The third-order valence-electron chi connectivity index (χ3n) is 5.22. The van der Waals surface area contributed by atoms with Crippen LogP contribution < -0.4 is 5.32 Å². The van der Waals surface area contributed by atoms with Gasteiger partial charge in [0.25, 0.3) is 5.76 Å². The lowest BCUT2D eigenvalue weighted by atomic mass is 10.2. The van der Waals surface area contributed by atoms with Crippen molar-refractivity contribution >= 4 is 51.9 Å². The third-order valence-corrected chi connectivity index (χ3v) is 7.11. The lowest BCUT2D eigenvalue weighted by molar-refractivity contribution is -0.129. The quantitative estimate of drug-likeness (QED) is 0.491. The minimum Gasteiger partial charge on any atom is -0.376 e. The third kappa shape index (κ3) is 6.55. The number of carbonyl (C=O) groups excluding carboxylic acids is 2. The molecule has 2 fully saturated rings. The van der Waals surface area contributed by atoms with E-state index in [1.165, 1.54) is 40.9 Å². The van der Waals surface area contributed by atoms with Crippen LogP contribution in [0.3, 0.4) is 0 Å². The summed E-state index contributed by atoms with van der Waals surface area (Å²) >= 11 is 1.63. The maximum Gasteiger partial charge on any atom is 0.288 e. The largest absolute Gasteiger partial charge is 0.376 e. The Morgan fingerprint density at radius 1 is 1.21 bits per heavy atom. The highest BCUT2D eigenvalue weighted by molar-refractivity contribution is 8.15. The van der Waals surface area contributed by atoms with E-state index in [0.29, 0.717) is 46.4 Å². The number of alkyl halides is 2. The number of rotatable bonds is 8. The molecule has 0 bridgehead atoms. The maximum absolute atomic E-state index is 13.2. The van der Waals surface area contributed by atoms with Crippen LogP contribution in [0.2, 0.25) is 0 Å². The molecule has 11 heteroatoms. The standard InChI is InChI=1S/C23H22F3N3O3S2/c24-14-3-5-15(6-4-14)27-20(30)12-19-21(31)29(13-17-2-1-11-32-17)23(34-19)28-16-7-9-18(10-8-16)33-22(25)26/h3-10,17,19,22H,1-2,11-13H2,(H,27,30)/t17-,19-/m1/s1. The van der Waals surface area contributed by atoms with E-state index in [1.54, 1.807) is 24.3 Å². The van der Waals surface area contributed by atoms with E-state index >= 15 is 0 Å². The molecule has 0 saturated carbocycles. The molecular weight excluding hydrogens is 487 g/mol. The predicted molar refractivity (Wildman–Crippen MR) is 127 cm³/mol. The zero-order chi connectivity index (χ0) is 24.1. The Bertz CT molecular complexity index is 1050. The number of hydrogen-bond acceptors (Lipinski definition) is 6. The van der Waals surface area contributed by atoms with Gasteiger partial charge < -0.3 is 10.1 Å². The Morgan fingerprint density at radius 2 is 1.94 bits per heavy atom. The zero-order valence-corrected chi connectivity index (χ0v) is 19.6. The van der Waals surface area contributed by atoms with Crippen molar-refractivity contribution in [3.05, 3.63) is 54.3 Å². The molecule has 0 radical (unpaired) electrons. The van der Waals surface area contributed by atoms with Crippen molar-refractivity contribution in [2.45, 2.75) is 41.3 Å². The first-order valence-electron chi connectivity index (χ1n) is 10.7. The van der Waals surface area contributed by atoms with Gasteiger partial charge >= 0.3 is 0 Å². The number of nitrogens with one attached hydrogen (secondary N) is 1. The zero-order valence-electron chi connectivity index (χ0n) is 18.0. The number of hydrogen-bond donors (Lipinski definition) is 1. The molecule has 180 valence electrons. The van der Waals surface area contributed by atoms with Gasteiger partial charge in [0.1, 0.15) is 11.1 Å². The van der Waals surface area contributed by atoms with Crippen LogP contribution in [0, 0.1) is 5.82 Å². The van der Waals surface area contributed by atoms with Gasteiger partial charge in [0.15, 0.2) is 5.17 Å². The van der Waals surface area contributed by atoms with Gasteiger partial charge in [0.2, 0.25) is 11.8 Å². The van der Waals surface area contributed by atoms with Gasteiger partial charge in [-0.2, -0.15) is 8.78 Å². The van der Waals surface area contributed by atoms with Crippen LogP contribution in [0.25, 0.3) is 0 Å². The first-order chi connectivity index (χ1) is 16.4. The lowest BCUT2D eigenvalue weighted by Gasteiger charge is -2.20. The summed E-state index contributed by atoms with van der Waals surface area (Å²) in [7, 11) is 0. The van der Waals surface area contributed by atoms with Crippen LogP contribution in [0.5, 0.6) is 0 Å². The fraction of sp³-hybridized carbons (Fsp3) is 0.348. The van der Waals surface area contributed by atoms with Crippen molar-refractivity contribution in [3.63, 3.8) is 0 Å². The molecule has 2 saturated heterocycles. The molecule has 1 N–H and O–H groups in total. The van der Waals surface area contributed by atoms with Crippen molar-refractivity contribution in [2.24, 2.45) is 4.99 Å². The second-order valence-corrected chi connectivity index (χ2v) is 9.95. The molecule has 2 aliphatic heterocycles. The molecule has 0 aromatic heterocycles. The van der Waals surface area contributed by atoms with E-state index in [1.807, 2.05) is 0 Å². The fourth-order valence-electron chi connectivity index (χ4n) is 3.61. The molecule has 2 aromatic carbocycles. The summed E-state index contributed by atoms with van der Waals surface area (Å²) < 4.78 is 43.9. The van der Waals surface area contributed by atoms with Crippen molar-refractivity contribution in [2.75, 3.05) is 18.5 Å². The van der Waals surface area contributed by atoms with Crippen molar-refractivity contribution in [3.8, 4) is 0 Å². The number of ether oxygens (including phenoxy) is 1. The number of halogens is 3. The van der Waals surface area contributed by atoms with Crippen molar-refractivity contribution in [1.82, 2.24) is 4.90 Å². The molecule has 2 amide bonds. The topological polar surface area (TPSA) is 71.0 Å². The summed E-state index contributed by atoms with van der Waals surface area (Å²) in [4.78, 5) is 32.2. The number of benzene rings is 2. The SMILES string of the molecule is O=C(C[C@H]1SC(=Nc2ccc(SC(F)F)cc2)N(C[C@H]2CCCO2)C1=O)Nc1ccc(F)cc1. The van der Waals surface area contributed by atoms with E-state index in [9.17, 15) is 22.8 Å². The van der Waals surface area contributed by atoms with Gasteiger partial charge in [-0.15, -0.1) is 0 Å². The van der Waals surface area contributed by atoms with Gasteiger partial charge in [-0.3, -0.25) is 14.5 Å². The highest BCUT2D eigenvalue weighted by Crippen LogP contribution is 2.34. The molecule has 0 spiro atoms. The maximum atomic E-state index is 13.2. The van der Waals surface area contributed by atoms with Gasteiger partial charge in [0.05, 0.1) is 18.3 Å². The van der Waals surface area contributed by atoms with Crippen LogP contribution in [0.4, 0.5) is 24.5 Å². The van der Waals surface area contributed by atoms with E-state index in [2.05, 4.69) is 10.3 Å². The van der Waals surface area contributed by atoms with Crippen LogP contribution in [-0.2, 0) is 14.3 Å². The number of thioether (sulfide) groups is 2. The summed E-state index contributed by atoms with van der Waals surface area (Å²) in [6.45, 7) is 0.971. The van der Waals surface area contributed by atoms with Crippen LogP contribution >= 0.6 is 23.5 Å². The lowest BCUT2D eigenvalue weighted by Crippen LogP contribution is -2.38. The Morgan fingerprint density at radius 3 is 2.59 bits per heavy atom. The molecule has 2 atom stereocenters. The van der Waals surface area contributed by atoms with Gasteiger partial charge in [-0.25, -0.2) is 9.38 Å². The Kier molecular flexibility index (Phi) is 8.17. The first kappa shape index (κ1) is 24.6. The highest BCUT2D eigenvalue weighted by atomic mass is 32.2. The number of amides is 2. The molecule has 34 heavy (non-hydrogen) atoms. The number of carbonyl (C=O) groups is 2. The van der Waals surface area contributed by atoms with Crippen LogP contribution in [0.15, 0.2) is 58.4 Å². The number of amidine groups is 1. The minimum atomic E-state index is -2.51. The van der Waals surface area contributed by atoms with Crippen LogP contribution in [0.1, 0.15) is 19.3 Å². The first-order valence-corrected chi connectivity index (χ1v) is 12.4. The Balaban J connectivity index is 1.48. The van der Waals surface area contributed by atoms with Gasteiger partial charge in [0, 0.05) is 23.6 Å². The number of aliphatic imine (C=N–C) groups is 1. The molecule has 2 aliphatic rings. The molecule has 2 heterocycles. The minimum absolute atomic E-state index is 0.0775. The molecule has 6 nitrogen and oxygen atoms in total. The predicted octanol–water partition coefficient (Wildman–Crippen LogP) is 5.28. The molecular formula is C23H22F3N3O3S2. The van der Waals surface area contributed by atoms with Crippen molar-refractivity contribution in [1.29, 1.82) is 0 Å². The average Bonchev–Trinajstić information content (AvgIpc) is 3.41. The average molecular weight is 510 g/mol. The smallest absolute Gasteiger partial charge is 0.288 e. The second-order valence-electron chi connectivity index (χ2n) is 7.72. The van der Waals surface area contributed by atoms with Crippen LogP contribution in [-0.4, -0.2) is 52.1 Å². The van der Waals surface area contributed by atoms with E-state index in [4.69, 9.17) is 4.74 Å². The normalized spacial score (nSPS) is 21.6. The monoisotopic (exact) mass is 509 g/mol. The summed E-state index contributed by atoms with van der Waals surface area (Å²) in [5.74, 6) is -3.53. The number of anilines is 1. The van der Waals surface area contributed by atoms with E-state index in [0.717, 1.165) is 12.8 Å². The summed E-state index contributed by atoms with van der Waals surface area (Å²) in [5, 5.41) is 2.44. The van der Waals surface area contributed by atoms with Gasteiger partial charge in [-0.05, 0) is 61.4 Å². The molecule has 4 rings (SSSR count). The second kappa shape index (κ2) is 11.3. The molecule has 0 aliphatic carbocycles. The summed E-state index contributed by atoms with van der Waals surface area (Å²) in [6, 6.07) is 11.7. The van der Waals surface area contributed by atoms with E-state index in [-0.39, 0.29) is 24.3 Å².